The predicted octanol–water partition coefficient (Wildman–Crippen LogP) is 5.93. The summed E-state index contributed by atoms with van der Waals surface area (Å²) in [6.45, 7) is 1.69. The Morgan fingerprint density at radius 2 is 1.93 bits per heavy atom. The molecule has 1 saturated heterocycles. The summed E-state index contributed by atoms with van der Waals surface area (Å²) in [5, 5.41) is 2.61. The molecule has 0 bridgehead atoms. The van der Waals surface area contributed by atoms with Crippen molar-refractivity contribution in [3.63, 3.8) is 0 Å². The van der Waals surface area contributed by atoms with Crippen molar-refractivity contribution in [2.75, 3.05) is 16.0 Å². The molecule has 2 amide bonds. The summed E-state index contributed by atoms with van der Waals surface area (Å²) in [5.41, 5.74) is 3.08. The summed E-state index contributed by atoms with van der Waals surface area (Å²) < 4.78 is 14.8. The molecule has 3 aromatic rings. The number of nitrogens with zero attached hydrogens (tertiary/aromatic N) is 1. The molecule has 7 heteroatoms. The number of nitrogens with one attached hydrogen (secondary N) is 1. The highest BCUT2D eigenvalue weighted by atomic mass is 79.9. The molecule has 0 aromatic heterocycles. The summed E-state index contributed by atoms with van der Waals surface area (Å²) in [6, 6.07) is 19.4. The molecule has 1 aliphatic rings. The standard InChI is InChI=1S/C23H18BrFN2O2S/c1-14-9-10-17(12-20(14)25)27-21(28)13-30-23(27)15-5-4-6-16(11-15)26-22(29)18-7-2-3-8-19(18)24/h2-12,23H,13H2,1H3,(H,26,29)/t23-/m1/s1. The van der Waals surface area contributed by atoms with Crippen LogP contribution in [0.1, 0.15) is 26.9 Å². The van der Waals surface area contributed by atoms with Crippen molar-refractivity contribution >= 4 is 50.9 Å². The molecule has 1 N–H and O–H groups in total. The van der Waals surface area contributed by atoms with Crippen LogP contribution >= 0.6 is 27.7 Å². The average molecular weight is 485 g/mol. The maximum Gasteiger partial charge on any atom is 0.256 e. The van der Waals surface area contributed by atoms with Crippen molar-refractivity contribution in [3.05, 3.63) is 93.7 Å². The van der Waals surface area contributed by atoms with Crippen LogP contribution in [0.25, 0.3) is 0 Å². The number of amides is 2. The second kappa shape index (κ2) is 8.62. The van der Waals surface area contributed by atoms with Gasteiger partial charge in [0.1, 0.15) is 11.2 Å². The fourth-order valence-corrected chi connectivity index (χ4v) is 4.93. The number of halogens is 2. The van der Waals surface area contributed by atoms with Gasteiger partial charge in [0.05, 0.1) is 11.3 Å². The lowest BCUT2D eigenvalue weighted by molar-refractivity contribution is -0.115. The van der Waals surface area contributed by atoms with Crippen LogP contribution in [0.2, 0.25) is 0 Å². The van der Waals surface area contributed by atoms with Crippen molar-refractivity contribution in [1.82, 2.24) is 0 Å². The first kappa shape index (κ1) is 20.6. The van der Waals surface area contributed by atoms with Gasteiger partial charge in [-0.25, -0.2) is 4.39 Å². The number of rotatable bonds is 4. The molecule has 0 spiro atoms. The van der Waals surface area contributed by atoms with E-state index in [4.69, 9.17) is 0 Å². The van der Waals surface area contributed by atoms with E-state index in [1.165, 1.54) is 17.8 Å². The van der Waals surface area contributed by atoms with Crippen LogP contribution in [0.3, 0.4) is 0 Å². The monoisotopic (exact) mass is 484 g/mol. The second-order valence-corrected chi connectivity index (χ2v) is 8.84. The Balaban J connectivity index is 1.61. The Kier molecular flexibility index (Phi) is 5.92. The largest absolute Gasteiger partial charge is 0.322 e. The zero-order valence-electron chi connectivity index (χ0n) is 16.1. The first-order valence-electron chi connectivity index (χ1n) is 9.29. The van der Waals surface area contributed by atoms with E-state index in [0.29, 0.717) is 32.7 Å². The molecule has 0 unspecified atom stereocenters. The number of benzene rings is 3. The predicted molar refractivity (Wildman–Crippen MR) is 122 cm³/mol. The minimum atomic E-state index is -0.342. The number of carbonyl (C=O) groups is 2. The molecule has 1 atom stereocenters. The Morgan fingerprint density at radius 1 is 1.13 bits per heavy atom. The van der Waals surface area contributed by atoms with Gasteiger partial charge < -0.3 is 5.32 Å². The van der Waals surface area contributed by atoms with Crippen LogP contribution in [0.5, 0.6) is 0 Å². The van der Waals surface area contributed by atoms with Crippen LogP contribution < -0.4 is 10.2 Å². The lowest BCUT2D eigenvalue weighted by atomic mass is 10.1. The van der Waals surface area contributed by atoms with Crippen LogP contribution in [0.4, 0.5) is 15.8 Å². The molecule has 0 radical (unpaired) electrons. The van der Waals surface area contributed by atoms with E-state index in [1.807, 2.05) is 30.3 Å². The van der Waals surface area contributed by atoms with Gasteiger partial charge in [-0.2, -0.15) is 0 Å². The molecule has 1 aliphatic heterocycles. The number of anilines is 2. The summed E-state index contributed by atoms with van der Waals surface area (Å²) in [6.07, 6.45) is 0. The third-order valence-electron chi connectivity index (χ3n) is 4.85. The molecule has 3 aromatic carbocycles. The van der Waals surface area contributed by atoms with Gasteiger partial charge in [0.25, 0.3) is 5.91 Å². The minimum Gasteiger partial charge on any atom is -0.322 e. The van der Waals surface area contributed by atoms with E-state index in [-0.39, 0.29) is 23.0 Å². The normalized spacial score (nSPS) is 16.0. The van der Waals surface area contributed by atoms with Crippen molar-refractivity contribution < 1.29 is 14.0 Å². The van der Waals surface area contributed by atoms with E-state index in [0.717, 1.165) is 5.56 Å². The van der Waals surface area contributed by atoms with Crippen LogP contribution in [-0.4, -0.2) is 17.6 Å². The Bertz CT molecular complexity index is 1140. The van der Waals surface area contributed by atoms with Crippen molar-refractivity contribution in [1.29, 1.82) is 0 Å². The topological polar surface area (TPSA) is 49.4 Å². The molecule has 0 aliphatic carbocycles. The Hall–Kier alpha value is -2.64. The SMILES string of the molecule is Cc1ccc(N2C(=O)CS[C@@H]2c2cccc(NC(=O)c3ccccc3Br)c2)cc1F. The maximum atomic E-state index is 14.1. The summed E-state index contributed by atoms with van der Waals surface area (Å²) in [7, 11) is 0. The third-order valence-corrected chi connectivity index (χ3v) is 6.75. The third kappa shape index (κ3) is 4.13. The van der Waals surface area contributed by atoms with Gasteiger partial charge in [-0.1, -0.05) is 30.3 Å². The zero-order valence-corrected chi connectivity index (χ0v) is 18.5. The number of hydrogen-bond acceptors (Lipinski definition) is 3. The van der Waals surface area contributed by atoms with Crippen molar-refractivity contribution in [2.45, 2.75) is 12.3 Å². The summed E-state index contributed by atoms with van der Waals surface area (Å²) in [5.74, 6) is -0.332. The molecule has 152 valence electrons. The fraction of sp³-hybridized carbons (Fsp3) is 0.130. The Morgan fingerprint density at radius 3 is 2.70 bits per heavy atom. The molecule has 4 rings (SSSR count). The quantitative estimate of drug-likeness (QED) is 0.499. The van der Waals surface area contributed by atoms with Gasteiger partial charge >= 0.3 is 0 Å². The number of hydrogen-bond donors (Lipinski definition) is 1. The second-order valence-electron chi connectivity index (χ2n) is 6.92. The van der Waals surface area contributed by atoms with Crippen LogP contribution in [0, 0.1) is 12.7 Å². The van der Waals surface area contributed by atoms with Gasteiger partial charge in [-0.15, -0.1) is 11.8 Å². The molecule has 30 heavy (non-hydrogen) atoms. The van der Waals surface area contributed by atoms with Crippen molar-refractivity contribution in [2.24, 2.45) is 0 Å². The molecule has 4 nitrogen and oxygen atoms in total. The van der Waals surface area contributed by atoms with Gasteiger partial charge in [-0.05, 0) is 70.4 Å². The highest BCUT2D eigenvalue weighted by Crippen LogP contribution is 2.42. The highest BCUT2D eigenvalue weighted by Gasteiger charge is 2.34. The molecule has 1 fully saturated rings. The van der Waals surface area contributed by atoms with Gasteiger partial charge in [0, 0.05) is 15.8 Å². The average Bonchev–Trinajstić information content (AvgIpc) is 3.12. The zero-order chi connectivity index (χ0) is 21.3. The van der Waals surface area contributed by atoms with Gasteiger partial charge in [-0.3, -0.25) is 14.5 Å². The van der Waals surface area contributed by atoms with E-state index >= 15 is 0 Å². The first-order valence-corrected chi connectivity index (χ1v) is 11.1. The molecular weight excluding hydrogens is 467 g/mol. The van der Waals surface area contributed by atoms with E-state index in [1.54, 1.807) is 42.2 Å². The van der Waals surface area contributed by atoms with Crippen LogP contribution in [0.15, 0.2) is 71.2 Å². The summed E-state index contributed by atoms with van der Waals surface area (Å²) in [4.78, 5) is 26.8. The lowest BCUT2D eigenvalue weighted by Gasteiger charge is -2.25. The lowest BCUT2D eigenvalue weighted by Crippen LogP contribution is -2.28. The summed E-state index contributed by atoms with van der Waals surface area (Å²) >= 11 is 4.87. The van der Waals surface area contributed by atoms with E-state index in [2.05, 4.69) is 21.2 Å². The molecular formula is C23H18BrFN2O2S. The van der Waals surface area contributed by atoms with Crippen molar-refractivity contribution in [3.8, 4) is 0 Å². The highest BCUT2D eigenvalue weighted by molar-refractivity contribution is 9.10. The number of thioether (sulfide) groups is 1. The molecule has 0 saturated carbocycles. The smallest absolute Gasteiger partial charge is 0.256 e. The number of aryl methyl sites for hydroxylation is 1. The molecule has 1 heterocycles. The maximum absolute atomic E-state index is 14.1. The van der Waals surface area contributed by atoms with Crippen LogP contribution in [-0.2, 0) is 4.79 Å². The van der Waals surface area contributed by atoms with E-state index < -0.39 is 0 Å². The van der Waals surface area contributed by atoms with E-state index in [9.17, 15) is 14.0 Å². The number of carbonyl (C=O) groups excluding carboxylic acids is 2. The van der Waals surface area contributed by atoms with Gasteiger partial charge in [0.15, 0.2) is 0 Å². The first-order chi connectivity index (χ1) is 14.4. The Labute approximate surface area is 186 Å². The fourth-order valence-electron chi connectivity index (χ4n) is 3.30. The van der Waals surface area contributed by atoms with Gasteiger partial charge in [0.2, 0.25) is 5.91 Å². The minimum absolute atomic E-state index is 0.0732.